The van der Waals surface area contributed by atoms with Crippen LogP contribution >= 0.6 is 0 Å². The molecule has 0 radical (unpaired) electrons. The van der Waals surface area contributed by atoms with Crippen LogP contribution in [0, 0.1) is 5.92 Å². The first-order chi connectivity index (χ1) is 8.33. The highest BCUT2D eigenvalue weighted by atomic mass is 16.2. The summed E-state index contributed by atoms with van der Waals surface area (Å²) in [6.45, 7) is 1.81. The molecule has 2 N–H and O–H groups in total. The van der Waals surface area contributed by atoms with Gasteiger partial charge < -0.3 is 10.6 Å². The number of nitrogens with one attached hydrogen (secondary N) is 2. The molecule has 1 amide bonds. The zero-order chi connectivity index (χ0) is 11.7. The van der Waals surface area contributed by atoms with Crippen LogP contribution in [0.2, 0.25) is 0 Å². The monoisotopic (exact) mass is 230 g/mol. The predicted octanol–water partition coefficient (Wildman–Crippen LogP) is 0.879. The Hall–Kier alpha value is -1.35. The fourth-order valence-corrected chi connectivity index (χ4v) is 2.86. The minimum atomic E-state index is 0.179. The molecule has 1 fully saturated rings. The summed E-state index contributed by atoms with van der Waals surface area (Å²) in [6, 6.07) is 8.78. The van der Waals surface area contributed by atoms with E-state index in [-0.39, 0.29) is 11.8 Å². The van der Waals surface area contributed by atoms with E-state index in [1.165, 1.54) is 11.1 Å². The highest BCUT2D eigenvalue weighted by molar-refractivity contribution is 5.79. The van der Waals surface area contributed by atoms with Gasteiger partial charge in [-0.3, -0.25) is 4.79 Å². The van der Waals surface area contributed by atoms with Crippen LogP contribution in [0.4, 0.5) is 0 Å². The number of rotatable bonds is 2. The summed E-state index contributed by atoms with van der Waals surface area (Å²) in [5.74, 6) is 0.409. The van der Waals surface area contributed by atoms with Gasteiger partial charge in [-0.1, -0.05) is 24.3 Å². The van der Waals surface area contributed by atoms with E-state index in [2.05, 4.69) is 34.9 Å². The SMILES string of the molecule is O=C(NC1Cc2ccccc2C1)C1CCNC1. The van der Waals surface area contributed by atoms with Gasteiger partial charge >= 0.3 is 0 Å². The highest BCUT2D eigenvalue weighted by Crippen LogP contribution is 2.22. The fraction of sp³-hybridized carbons (Fsp3) is 0.500. The van der Waals surface area contributed by atoms with Crippen molar-refractivity contribution in [2.75, 3.05) is 13.1 Å². The first-order valence-electron chi connectivity index (χ1n) is 6.41. The summed E-state index contributed by atoms with van der Waals surface area (Å²) in [5, 5.41) is 6.42. The lowest BCUT2D eigenvalue weighted by Crippen LogP contribution is -2.40. The van der Waals surface area contributed by atoms with Gasteiger partial charge in [-0.05, 0) is 36.9 Å². The molecule has 1 aliphatic heterocycles. The number of carbonyl (C=O) groups is 1. The van der Waals surface area contributed by atoms with Gasteiger partial charge in [0, 0.05) is 12.6 Å². The smallest absolute Gasteiger partial charge is 0.224 e. The Bertz CT molecular complexity index is 399. The van der Waals surface area contributed by atoms with E-state index < -0.39 is 0 Å². The zero-order valence-electron chi connectivity index (χ0n) is 9.91. The second kappa shape index (κ2) is 4.49. The molecule has 3 rings (SSSR count). The Morgan fingerprint density at radius 3 is 2.53 bits per heavy atom. The van der Waals surface area contributed by atoms with Crippen molar-refractivity contribution in [3.63, 3.8) is 0 Å². The van der Waals surface area contributed by atoms with Crippen LogP contribution in [0.25, 0.3) is 0 Å². The molecule has 3 heteroatoms. The molecule has 0 aromatic heterocycles. The summed E-state index contributed by atoms with van der Waals surface area (Å²) in [6.07, 6.45) is 2.95. The lowest BCUT2D eigenvalue weighted by Gasteiger charge is -2.15. The number of hydrogen-bond acceptors (Lipinski definition) is 2. The van der Waals surface area contributed by atoms with Crippen molar-refractivity contribution in [2.45, 2.75) is 25.3 Å². The first kappa shape index (κ1) is 10.8. The van der Waals surface area contributed by atoms with Gasteiger partial charge in [0.15, 0.2) is 0 Å². The Morgan fingerprint density at radius 1 is 1.24 bits per heavy atom. The third-order valence-electron chi connectivity index (χ3n) is 3.83. The average Bonchev–Trinajstić information content (AvgIpc) is 2.97. The molecule has 2 aliphatic rings. The van der Waals surface area contributed by atoms with Crippen LogP contribution in [0.15, 0.2) is 24.3 Å². The molecule has 1 unspecified atom stereocenters. The molecule has 3 nitrogen and oxygen atoms in total. The van der Waals surface area contributed by atoms with Crippen LogP contribution in [0.1, 0.15) is 17.5 Å². The van der Waals surface area contributed by atoms with E-state index >= 15 is 0 Å². The second-order valence-corrected chi connectivity index (χ2v) is 5.07. The van der Waals surface area contributed by atoms with Gasteiger partial charge in [-0.25, -0.2) is 0 Å². The third-order valence-corrected chi connectivity index (χ3v) is 3.83. The number of benzene rings is 1. The van der Waals surface area contributed by atoms with Crippen LogP contribution in [0.5, 0.6) is 0 Å². The van der Waals surface area contributed by atoms with Crippen molar-refractivity contribution in [1.29, 1.82) is 0 Å². The van der Waals surface area contributed by atoms with Crippen molar-refractivity contribution in [2.24, 2.45) is 5.92 Å². The number of amides is 1. The highest BCUT2D eigenvalue weighted by Gasteiger charge is 2.27. The van der Waals surface area contributed by atoms with Gasteiger partial charge in [0.25, 0.3) is 0 Å². The van der Waals surface area contributed by atoms with Crippen LogP contribution in [0.3, 0.4) is 0 Å². The molecule has 90 valence electrons. The summed E-state index contributed by atoms with van der Waals surface area (Å²) in [7, 11) is 0. The Balaban J connectivity index is 1.60. The number of carbonyl (C=O) groups excluding carboxylic acids is 1. The topological polar surface area (TPSA) is 41.1 Å². The summed E-state index contributed by atoms with van der Waals surface area (Å²) in [5.41, 5.74) is 2.78. The van der Waals surface area contributed by atoms with Crippen LogP contribution < -0.4 is 10.6 Å². The lowest BCUT2D eigenvalue weighted by molar-refractivity contribution is -0.125. The van der Waals surface area contributed by atoms with Crippen molar-refractivity contribution in [1.82, 2.24) is 10.6 Å². The van der Waals surface area contributed by atoms with Crippen molar-refractivity contribution in [3.05, 3.63) is 35.4 Å². The zero-order valence-corrected chi connectivity index (χ0v) is 9.91. The maximum atomic E-state index is 12.0. The first-order valence-corrected chi connectivity index (χ1v) is 6.41. The van der Waals surface area contributed by atoms with Gasteiger partial charge in [0.05, 0.1) is 5.92 Å². The predicted molar refractivity (Wildman–Crippen MR) is 66.8 cm³/mol. The second-order valence-electron chi connectivity index (χ2n) is 5.07. The molecular formula is C14H18N2O. The fourth-order valence-electron chi connectivity index (χ4n) is 2.86. The molecule has 1 aliphatic carbocycles. The molecule has 1 saturated heterocycles. The van der Waals surface area contributed by atoms with E-state index in [0.29, 0.717) is 6.04 Å². The van der Waals surface area contributed by atoms with Gasteiger partial charge in [-0.15, -0.1) is 0 Å². The minimum absolute atomic E-state index is 0.179. The summed E-state index contributed by atoms with van der Waals surface area (Å²) < 4.78 is 0. The van der Waals surface area contributed by atoms with Crippen LogP contribution in [-0.2, 0) is 17.6 Å². The molecule has 17 heavy (non-hydrogen) atoms. The van der Waals surface area contributed by atoms with Gasteiger partial charge in [0.1, 0.15) is 0 Å². The maximum Gasteiger partial charge on any atom is 0.224 e. The van der Waals surface area contributed by atoms with Crippen LogP contribution in [-0.4, -0.2) is 25.0 Å². The molecule has 0 bridgehead atoms. The van der Waals surface area contributed by atoms with E-state index in [0.717, 1.165) is 32.4 Å². The number of fused-ring (bicyclic) bond motifs is 1. The Labute approximate surface area is 102 Å². The minimum Gasteiger partial charge on any atom is -0.352 e. The summed E-state index contributed by atoms with van der Waals surface area (Å²) in [4.78, 5) is 12.0. The van der Waals surface area contributed by atoms with E-state index in [4.69, 9.17) is 0 Å². The Kier molecular flexibility index (Phi) is 2.85. The molecule has 1 atom stereocenters. The number of hydrogen-bond donors (Lipinski definition) is 2. The molecule has 0 spiro atoms. The summed E-state index contributed by atoms with van der Waals surface area (Å²) >= 11 is 0. The maximum absolute atomic E-state index is 12.0. The van der Waals surface area contributed by atoms with Crippen molar-refractivity contribution < 1.29 is 4.79 Å². The van der Waals surface area contributed by atoms with E-state index in [1.807, 2.05) is 0 Å². The quantitative estimate of drug-likeness (QED) is 0.792. The average molecular weight is 230 g/mol. The molecule has 1 heterocycles. The lowest BCUT2D eigenvalue weighted by atomic mass is 10.1. The van der Waals surface area contributed by atoms with E-state index in [1.54, 1.807) is 0 Å². The molecular weight excluding hydrogens is 212 g/mol. The normalized spacial score (nSPS) is 23.6. The largest absolute Gasteiger partial charge is 0.352 e. The third kappa shape index (κ3) is 2.20. The van der Waals surface area contributed by atoms with Gasteiger partial charge in [0.2, 0.25) is 5.91 Å². The standard InChI is InChI=1S/C14H18N2O/c17-14(12-5-6-15-9-12)16-13-7-10-3-1-2-4-11(10)8-13/h1-4,12-13,15H,5-9H2,(H,16,17). The molecule has 1 aromatic rings. The molecule has 0 saturated carbocycles. The van der Waals surface area contributed by atoms with Crippen molar-refractivity contribution in [3.8, 4) is 0 Å². The van der Waals surface area contributed by atoms with Crippen molar-refractivity contribution >= 4 is 5.91 Å². The van der Waals surface area contributed by atoms with E-state index in [9.17, 15) is 4.79 Å². The molecule has 1 aromatic carbocycles. The van der Waals surface area contributed by atoms with Gasteiger partial charge in [-0.2, -0.15) is 0 Å². The Morgan fingerprint density at radius 2 is 1.94 bits per heavy atom.